The van der Waals surface area contributed by atoms with Gasteiger partial charge in [-0.05, 0) is 31.2 Å². The molecule has 1 amide bonds. The highest BCUT2D eigenvalue weighted by Gasteiger charge is 2.23. The largest absolute Gasteiger partial charge is 0.391 e. The maximum absolute atomic E-state index is 11.6. The van der Waals surface area contributed by atoms with Gasteiger partial charge in [0.05, 0.1) is 12.1 Å². The SMILES string of the molecule is CC(C)(C)CC(O)CNC(=O)[C@@H]1CCCN1. The van der Waals surface area contributed by atoms with E-state index in [1.54, 1.807) is 0 Å². The molecule has 0 aliphatic carbocycles. The van der Waals surface area contributed by atoms with Gasteiger partial charge >= 0.3 is 0 Å². The minimum atomic E-state index is -0.453. The number of aliphatic hydroxyl groups is 1. The molecule has 0 bridgehead atoms. The van der Waals surface area contributed by atoms with Gasteiger partial charge in [-0.1, -0.05) is 20.8 Å². The van der Waals surface area contributed by atoms with Crippen molar-refractivity contribution in [1.29, 1.82) is 0 Å². The van der Waals surface area contributed by atoms with Crippen LogP contribution in [0.2, 0.25) is 0 Å². The molecule has 0 aromatic rings. The molecule has 1 unspecified atom stereocenters. The van der Waals surface area contributed by atoms with Gasteiger partial charge in [-0.25, -0.2) is 0 Å². The van der Waals surface area contributed by atoms with Gasteiger partial charge in [0.25, 0.3) is 0 Å². The van der Waals surface area contributed by atoms with Crippen molar-refractivity contribution in [2.24, 2.45) is 5.41 Å². The zero-order valence-electron chi connectivity index (χ0n) is 10.5. The van der Waals surface area contributed by atoms with Crippen LogP contribution >= 0.6 is 0 Å². The summed E-state index contributed by atoms with van der Waals surface area (Å²) in [6.07, 6.45) is 2.21. The molecule has 1 heterocycles. The Morgan fingerprint density at radius 2 is 2.25 bits per heavy atom. The van der Waals surface area contributed by atoms with E-state index in [1.165, 1.54) is 0 Å². The Bertz CT molecular complexity index is 230. The van der Waals surface area contributed by atoms with Crippen LogP contribution in [0.15, 0.2) is 0 Å². The summed E-state index contributed by atoms with van der Waals surface area (Å²) in [4.78, 5) is 11.6. The lowest BCUT2D eigenvalue weighted by Crippen LogP contribution is -2.43. The van der Waals surface area contributed by atoms with Crippen molar-refractivity contribution in [3.63, 3.8) is 0 Å². The predicted molar refractivity (Wildman–Crippen MR) is 64.1 cm³/mol. The molecule has 0 aromatic heterocycles. The number of hydrogen-bond donors (Lipinski definition) is 3. The maximum Gasteiger partial charge on any atom is 0.237 e. The molecule has 0 saturated carbocycles. The van der Waals surface area contributed by atoms with Crippen molar-refractivity contribution in [1.82, 2.24) is 10.6 Å². The lowest BCUT2D eigenvalue weighted by Gasteiger charge is -2.23. The van der Waals surface area contributed by atoms with Crippen molar-refractivity contribution in [2.75, 3.05) is 13.1 Å². The van der Waals surface area contributed by atoms with Crippen molar-refractivity contribution in [2.45, 2.75) is 52.2 Å². The minimum absolute atomic E-state index is 0.0189. The summed E-state index contributed by atoms with van der Waals surface area (Å²) in [5.74, 6) is 0.0189. The molecular weight excluding hydrogens is 204 g/mol. The van der Waals surface area contributed by atoms with Gasteiger partial charge in [0, 0.05) is 6.54 Å². The lowest BCUT2D eigenvalue weighted by molar-refractivity contribution is -0.123. The summed E-state index contributed by atoms with van der Waals surface area (Å²) >= 11 is 0. The fraction of sp³-hybridized carbons (Fsp3) is 0.917. The van der Waals surface area contributed by atoms with Gasteiger partial charge in [-0.2, -0.15) is 0 Å². The topological polar surface area (TPSA) is 61.4 Å². The summed E-state index contributed by atoms with van der Waals surface area (Å²) in [5.41, 5.74) is 0.0930. The number of nitrogens with one attached hydrogen (secondary N) is 2. The first-order valence-corrected chi connectivity index (χ1v) is 6.08. The normalized spacial score (nSPS) is 23.1. The van der Waals surface area contributed by atoms with Gasteiger partial charge in [0.1, 0.15) is 0 Å². The third-order valence-corrected chi connectivity index (χ3v) is 2.74. The van der Waals surface area contributed by atoms with E-state index < -0.39 is 6.10 Å². The van der Waals surface area contributed by atoms with Crippen molar-refractivity contribution in [3.05, 3.63) is 0 Å². The third-order valence-electron chi connectivity index (χ3n) is 2.74. The first kappa shape index (κ1) is 13.5. The molecule has 0 radical (unpaired) electrons. The van der Waals surface area contributed by atoms with Crippen LogP contribution in [0.1, 0.15) is 40.0 Å². The second kappa shape index (κ2) is 5.64. The Labute approximate surface area is 97.8 Å². The van der Waals surface area contributed by atoms with Gasteiger partial charge in [0.2, 0.25) is 5.91 Å². The van der Waals surface area contributed by atoms with E-state index in [0.717, 1.165) is 19.4 Å². The molecular formula is C12H24N2O2. The Morgan fingerprint density at radius 1 is 1.56 bits per heavy atom. The van der Waals surface area contributed by atoms with Crippen LogP contribution in [0, 0.1) is 5.41 Å². The molecule has 16 heavy (non-hydrogen) atoms. The van der Waals surface area contributed by atoms with Gasteiger partial charge in [-0.3, -0.25) is 4.79 Å². The highest BCUT2D eigenvalue weighted by molar-refractivity contribution is 5.81. The summed E-state index contributed by atoms with van der Waals surface area (Å²) < 4.78 is 0. The van der Waals surface area contributed by atoms with Crippen LogP contribution < -0.4 is 10.6 Å². The molecule has 0 aromatic carbocycles. The van der Waals surface area contributed by atoms with Gasteiger partial charge in [-0.15, -0.1) is 0 Å². The van der Waals surface area contributed by atoms with Crippen LogP contribution in [0.4, 0.5) is 0 Å². The molecule has 1 aliphatic heterocycles. The fourth-order valence-electron chi connectivity index (χ4n) is 2.03. The van der Waals surface area contributed by atoms with E-state index >= 15 is 0 Å². The smallest absolute Gasteiger partial charge is 0.237 e. The molecule has 1 saturated heterocycles. The van der Waals surface area contributed by atoms with E-state index in [4.69, 9.17) is 0 Å². The first-order chi connectivity index (χ1) is 7.38. The van der Waals surface area contributed by atoms with Crippen molar-refractivity contribution < 1.29 is 9.90 Å². The summed E-state index contributed by atoms with van der Waals surface area (Å²) in [6.45, 7) is 7.51. The second-order valence-electron chi connectivity index (χ2n) is 5.81. The first-order valence-electron chi connectivity index (χ1n) is 6.08. The van der Waals surface area contributed by atoms with E-state index in [1.807, 2.05) is 0 Å². The minimum Gasteiger partial charge on any atom is -0.391 e. The van der Waals surface area contributed by atoms with E-state index in [9.17, 15) is 9.90 Å². The van der Waals surface area contributed by atoms with Crippen LogP contribution in [-0.2, 0) is 4.79 Å². The highest BCUT2D eigenvalue weighted by Crippen LogP contribution is 2.20. The van der Waals surface area contributed by atoms with E-state index in [0.29, 0.717) is 13.0 Å². The zero-order chi connectivity index (χ0) is 12.2. The maximum atomic E-state index is 11.6. The van der Waals surface area contributed by atoms with Crippen molar-refractivity contribution in [3.8, 4) is 0 Å². The molecule has 4 nitrogen and oxygen atoms in total. The number of rotatable bonds is 4. The summed E-state index contributed by atoms with van der Waals surface area (Å²) in [6, 6.07) is -0.0539. The Balaban J connectivity index is 2.20. The lowest BCUT2D eigenvalue weighted by atomic mass is 9.89. The van der Waals surface area contributed by atoms with Crippen LogP contribution in [0.25, 0.3) is 0 Å². The number of carbonyl (C=O) groups is 1. The third kappa shape index (κ3) is 4.94. The molecule has 3 N–H and O–H groups in total. The van der Waals surface area contributed by atoms with Crippen LogP contribution in [0.3, 0.4) is 0 Å². The average Bonchev–Trinajstić information content (AvgIpc) is 2.64. The fourth-order valence-corrected chi connectivity index (χ4v) is 2.03. The van der Waals surface area contributed by atoms with Gasteiger partial charge in [0.15, 0.2) is 0 Å². The average molecular weight is 228 g/mol. The Morgan fingerprint density at radius 3 is 2.75 bits per heavy atom. The number of carbonyl (C=O) groups excluding carboxylic acids is 1. The standard InChI is InChI=1S/C12H24N2O2/c1-12(2,3)7-9(15)8-14-11(16)10-5-4-6-13-10/h9-10,13,15H,4-8H2,1-3H3,(H,14,16)/t9?,10-/m0/s1. The number of amides is 1. The second-order valence-corrected chi connectivity index (χ2v) is 5.81. The highest BCUT2D eigenvalue weighted by atomic mass is 16.3. The van der Waals surface area contributed by atoms with Gasteiger partial charge < -0.3 is 15.7 Å². The Hall–Kier alpha value is -0.610. The summed E-state index contributed by atoms with van der Waals surface area (Å²) in [7, 11) is 0. The molecule has 0 spiro atoms. The van der Waals surface area contributed by atoms with Crippen LogP contribution in [0.5, 0.6) is 0 Å². The quantitative estimate of drug-likeness (QED) is 0.662. The summed E-state index contributed by atoms with van der Waals surface area (Å²) in [5, 5.41) is 15.7. The monoisotopic (exact) mass is 228 g/mol. The zero-order valence-corrected chi connectivity index (χ0v) is 10.5. The molecule has 1 aliphatic rings. The molecule has 94 valence electrons. The Kier molecular flexibility index (Phi) is 4.74. The molecule has 1 rings (SSSR count). The van der Waals surface area contributed by atoms with E-state index in [2.05, 4.69) is 31.4 Å². The van der Waals surface area contributed by atoms with Crippen molar-refractivity contribution >= 4 is 5.91 Å². The number of aliphatic hydroxyl groups excluding tert-OH is 1. The van der Waals surface area contributed by atoms with E-state index in [-0.39, 0.29) is 17.4 Å². The molecule has 4 heteroatoms. The predicted octanol–water partition coefficient (Wildman–Crippen LogP) is 0.652. The van der Waals surface area contributed by atoms with Crippen LogP contribution in [-0.4, -0.2) is 36.2 Å². The number of hydrogen-bond acceptors (Lipinski definition) is 3. The molecule has 1 fully saturated rings. The molecule has 2 atom stereocenters.